The lowest BCUT2D eigenvalue weighted by Gasteiger charge is -2.15. The molecule has 1 aliphatic rings. The van der Waals surface area contributed by atoms with Crippen LogP contribution in [0.5, 0.6) is 11.5 Å². The van der Waals surface area contributed by atoms with E-state index in [-0.39, 0.29) is 5.91 Å². The predicted molar refractivity (Wildman–Crippen MR) is 163 cm³/mol. The van der Waals surface area contributed by atoms with Crippen molar-refractivity contribution in [1.29, 1.82) is 0 Å². The van der Waals surface area contributed by atoms with Crippen LogP contribution in [0, 0.1) is 10.5 Å². The van der Waals surface area contributed by atoms with Crippen LogP contribution < -0.4 is 9.47 Å². The number of aryl methyl sites for hydroxylation is 1. The number of ether oxygens (including phenoxy) is 3. The number of rotatable bonds is 11. The first kappa shape index (κ1) is 28.2. The van der Waals surface area contributed by atoms with E-state index in [0.717, 1.165) is 20.4 Å². The highest BCUT2D eigenvalue weighted by molar-refractivity contribution is 14.1. The number of hydrogen-bond donors (Lipinski definition) is 0. The number of benzene rings is 3. The van der Waals surface area contributed by atoms with Gasteiger partial charge in [0.05, 0.1) is 33.9 Å². The van der Waals surface area contributed by atoms with Crippen LogP contribution in [0.1, 0.15) is 30.5 Å². The van der Waals surface area contributed by atoms with Crippen molar-refractivity contribution in [2.75, 3.05) is 26.4 Å². The van der Waals surface area contributed by atoms with Gasteiger partial charge in [0.25, 0.3) is 5.91 Å². The Morgan fingerprint density at radius 1 is 1.00 bits per heavy atom. The van der Waals surface area contributed by atoms with Crippen LogP contribution in [-0.4, -0.2) is 42.3 Å². The van der Waals surface area contributed by atoms with E-state index >= 15 is 0 Å². The average Bonchev–Trinajstić information content (AvgIpc) is 3.18. The van der Waals surface area contributed by atoms with Crippen molar-refractivity contribution in [1.82, 2.24) is 4.90 Å². The fourth-order valence-electron chi connectivity index (χ4n) is 3.88. The van der Waals surface area contributed by atoms with Gasteiger partial charge in [-0.15, -0.1) is 0 Å². The van der Waals surface area contributed by atoms with Gasteiger partial charge in [0.15, 0.2) is 16.7 Å². The molecule has 3 aromatic rings. The first-order chi connectivity index (χ1) is 18.5. The van der Waals surface area contributed by atoms with Crippen LogP contribution in [0.2, 0.25) is 0 Å². The quantitative estimate of drug-likeness (QED) is 0.126. The molecule has 0 saturated carbocycles. The van der Waals surface area contributed by atoms with Crippen LogP contribution in [-0.2, 0) is 16.1 Å². The van der Waals surface area contributed by atoms with Crippen molar-refractivity contribution in [2.45, 2.75) is 27.4 Å². The number of hydrogen-bond acceptors (Lipinski definition) is 6. The molecule has 0 radical (unpaired) electrons. The van der Waals surface area contributed by atoms with Gasteiger partial charge in [0.2, 0.25) is 0 Å². The van der Waals surface area contributed by atoms with Gasteiger partial charge in [-0.25, -0.2) is 4.99 Å². The molecule has 0 bridgehead atoms. The predicted octanol–water partition coefficient (Wildman–Crippen LogP) is 7.22. The van der Waals surface area contributed by atoms with Gasteiger partial charge in [-0.3, -0.25) is 9.69 Å². The van der Waals surface area contributed by atoms with Crippen LogP contribution in [0.4, 0.5) is 5.69 Å². The number of carbonyl (C=O) groups excluding carboxylic acids is 1. The number of amidine groups is 1. The highest BCUT2D eigenvalue weighted by Crippen LogP contribution is 2.38. The SMILES string of the molecule is CCOCCN1C(=O)/C(=C/c2cc(I)c(OCc3cccc(C)c3)c(OCC)c2)SC1=Nc1ccccc1. The number of nitrogens with zero attached hydrogens (tertiary/aromatic N) is 2. The molecule has 198 valence electrons. The first-order valence-electron chi connectivity index (χ1n) is 12.6. The fourth-order valence-corrected chi connectivity index (χ4v) is 5.69. The van der Waals surface area contributed by atoms with Crippen LogP contribution in [0.25, 0.3) is 6.08 Å². The van der Waals surface area contributed by atoms with Gasteiger partial charge in [0.1, 0.15) is 6.61 Å². The van der Waals surface area contributed by atoms with Crippen molar-refractivity contribution in [3.63, 3.8) is 0 Å². The van der Waals surface area contributed by atoms with E-state index in [1.54, 1.807) is 4.90 Å². The molecule has 8 heteroatoms. The van der Waals surface area contributed by atoms with E-state index < -0.39 is 0 Å². The van der Waals surface area contributed by atoms with Crippen LogP contribution in [0.3, 0.4) is 0 Å². The molecule has 1 fully saturated rings. The monoisotopic (exact) mass is 642 g/mol. The Morgan fingerprint density at radius 2 is 1.82 bits per heavy atom. The zero-order chi connectivity index (χ0) is 26.9. The Morgan fingerprint density at radius 3 is 2.55 bits per heavy atom. The normalized spacial score (nSPS) is 15.5. The Balaban J connectivity index is 1.61. The number of halogens is 1. The third-order valence-corrected chi connectivity index (χ3v) is 7.44. The highest BCUT2D eigenvalue weighted by Gasteiger charge is 2.33. The summed E-state index contributed by atoms with van der Waals surface area (Å²) in [6.45, 7) is 8.39. The number of aliphatic imine (C=N–C) groups is 1. The van der Waals surface area contributed by atoms with Gasteiger partial charge in [-0.05, 0) is 96.6 Å². The molecule has 38 heavy (non-hydrogen) atoms. The minimum absolute atomic E-state index is 0.0860. The summed E-state index contributed by atoms with van der Waals surface area (Å²) in [6.07, 6.45) is 1.89. The van der Waals surface area contributed by atoms with Gasteiger partial charge < -0.3 is 14.2 Å². The molecule has 0 atom stereocenters. The van der Waals surface area contributed by atoms with E-state index in [9.17, 15) is 4.79 Å². The molecule has 1 amide bonds. The number of thioether (sulfide) groups is 1. The topological polar surface area (TPSA) is 60.4 Å². The average molecular weight is 643 g/mol. The van der Waals surface area contributed by atoms with Gasteiger partial charge >= 0.3 is 0 Å². The zero-order valence-electron chi connectivity index (χ0n) is 21.8. The van der Waals surface area contributed by atoms with E-state index in [0.29, 0.717) is 54.5 Å². The second-order valence-electron chi connectivity index (χ2n) is 8.54. The van der Waals surface area contributed by atoms with Crippen molar-refractivity contribution in [3.8, 4) is 11.5 Å². The largest absolute Gasteiger partial charge is 0.490 e. The molecule has 0 aromatic heterocycles. The molecule has 0 N–H and O–H groups in total. The maximum atomic E-state index is 13.4. The molecule has 1 heterocycles. The standard InChI is InChI=1S/C30H31IN2O4S/c1-4-35-15-14-33-29(34)27(38-30(33)32-24-12-7-6-8-13-24)19-23-17-25(31)28(26(18-23)36-5-2)37-20-22-11-9-10-21(3)16-22/h6-13,16-19H,4-5,14-15,20H2,1-3H3/b27-19-,32-30?. The molecule has 1 aliphatic heterocycles. The zero-order valence-corrected chi connectivity index (χ0v) is 24.8. The first-order valence-corrected chi connectivity index (χ1v) is 14.5. The maximum absolute atomic E-state index is 13.4. The Hall–Kier alpha value is -2.82. The summed E-state index contributed by atoms with van der Waals surface area (Å²) in [5.74, 6) is 1.27. The minimum atomic E-state index is -0.0860. The number of para-hydroxylation sites is 1. The number of amides is 1. The van der Waals surface area contributed by atoms with Crippen molar-refractivity contribution < 1.29 is 19.0 Å². The molecule has 3 aromatic carbocycles. The van der Waals surface area contributed by atoms with Crippen LogP contribution in [0.15, 0.2) is 76.6 Å². The van der Waals surface area contributed by atoms with Gasteiger partial charge in [-0.1, -0.05) is 48.0 Å². The lowest BCUT2D eigenvalue weighted by atomic mass is 10.1. The summed E-state index contributed by atoms with van der Waals surface area (Å²) in [6, 6.07) is 21.8. The lowest BCUT2D eigenvalue weighted by molar-refractivity contribution is -0.122. The molecule has 6 nitrogen and oxygen atoms in total. The highest BCUT2D eigenvalue weighted by atomic mass is 127. The summed E-state index contributed by atoms with van der Waals surface area (Å²) in [4.78, 5) is 20.4. The molecular formula is C30H31IN2O4S. The maximum Gasteiger partial charge on any atom is 0.266 e. The van der Waals surface area contributed by atoms with E-state index in [2.05, 4.69) is 41.6 Å². The third kappa shape index (κ3) is 7.39. The Labute approximate surface area is 242 Å². The smallest absolute Gasteiger partial charge is 0.266 e. The summed E-state index contributed by atoms with van der Waals surface area (Å²) < 4.78 is 18.6. The molecule has 0 unspecified atom stereocenters. The molecule has 0 spiro atoms. The summed E-state index contributed by atoms with van der Waals surface area (Å²) in [5, 5.41) is 0.644. The minimum Gasteiger partial charge on any atom is -0.490 e. The van der Waals surface area contributed by atoms with E-state index in [1.807, 2.05) is 74.5 Å². The molecule has 0 aliphatic carbocycles. The summed E-state index contributed by atoms with van der Waals surface area (Å²) in [7, 11) is 0. The lowest BCUT2D eigenvalue weighted by Crippen LogP contribution is -2.32. The third-order valence-electron chi connectivity index (χ3n) is 5.63. The van der Waals surface area contributed by atoms with Gasteiger partial charge in [-0.2, -0.15) is 0 Å². The van der Waals surface area contributed by atoms with Crippen molar-refractivity contribution >= 4 is 57.2 Å². The second kappa shape index (κ2) is 13.8. The van der Waals surface area contributed by atoms with E-state index in [4.69, 9.17) is 19.2 Å². The van der Waals surface area contributed by atoms with Crippen molar-refractivity contribution in [3.05, 3.63) is 91.9 Å². The van der Waals surface area contributed by atoms with E-state index in [1.165, 1.54) is 17.3 Å². The van der Waals surface area contributed by atoms with Crippen molar-refractivity contribution in [2.24, 2.45) is 4.99 Å². The Bertz CT molecular complexity index is 1330. The fraction of sp³-hybridized carbons (Fsp3) is 0.267. The van der Waals surface area contributed by atoms with Crippen LogP contribution >= 0.6 is 34.4 Å². The molecule has 4 rings (SSSR count). The summed E-state index contributed by atoms with van der Waals surface area (Å²) in [5.41, 5.74) is 3.95. The molecular weight excluding hydrogens is 611 g/mol. The second-order valence-corrected chi connectivity index (χ2v) is 10.7. The number of carbonyl (C=O) groups is 1. The summed E-state index contributed by atoms with van der Waals surface area (Å²) >= 11 is 3.63. The Kier molecular flexibility index (Phi) is 10.3. The van der Waals surface area contributed by atoms with Gasteiger partial charge in [0, 0.05) is 6.61 Å². The molecule has 1 saturated heterocycles.